The number of nitrogens with zero attached hydrogens (tertiary/aromatic N) is 3. The maximum Gasteiger partial charge on any atom is 0.253 e. The van der Waals surface area contributed by atoms with Crippen LogP contribution in [-0.2, 0) is 16.6 Å². The number of aromatic nitrogens is 2. The molecule has 1 fully saturated rings. The molecule has 136 valence electrons. The molecule has 0 atom stereocenters. The fourth-order valence-electron chi connectivity index (χ4n) is 2.63. The van der Waals surface area contributed by atoms with Crippen LogP contribution < -0.4 is 0 Å². The van der Waals surface area contributed by atoms with E-state index in [4.69, 9.17) is 16.0 Å². The standard InChI is InChI=1S/C17H16ClN3O3S2/c1-11-6-9-16(25-11)26(22,23)21(12-7-8-12)10-15-19-20-17(24-15)13-4-2-3-5-14(13)18/h2-6,9,12H,7-8,10H2,1H3. The second-order valence-electron chi connectivity index (χ2n) is 6.13. The van der Waals surface area contributed by atoms with E-state index in [2.05, 4.69) is 10.2 Å². The number of halogens is 1. The molecule has 0 bridgehead atoms. The van der Waals surface area contributed by atoms with E-state index in [0.717, 1.165) is 17.7 Å². The molecule has 2 aromatic heterocycles. The van der Waals surface area contributed by atoms with Crippen LogP contribution in [0.1, 0.15) is 23.6 Å². The number of thiophene rings is 1. The zero-order valence-corrected chi connectivity index (χ0v) is 16.3. The van der Waals surface area contributed by atoms with E-state index in [0.29, 0.717) is 14.8 Å². The van der Waals surface area contributed by atoms with Gasteiger partial charge >= 0.3 is 0 Å². The van der Waals surface area contributed by atoms with Crippen molar-refractivity contribution in [2.45, 2.75) is 36.6 Å². The van der Waals surface area contributed by atoms with Crippen molar-refractivity contribution in [2.75, 3.05) is 0 Å². The lowest BCUT2D eigenvalue weighted by Crippen LogP contribution is -2.32. The number of hydrogen-bond donors (Lipinski definition) is 0. The minimum absolute atomic E-state index is 0.0157. The average Bonchev–Trinajstić information content (AvgIpc) is 3.16. The zero-order chi connectivity index (χ0) is 18.3. The van der Waals surface area contributed by atoms with Gasteiger partial charge in [0, 0.05) is 10.9 Å². The third kappa shape index (κ3) is 3.42. The molecule has 3 aromatic rings. The summed E-state index contributed by atoms with van der Waals surface area (Å²) in [6.07, 6.45) is 1.68. The van der Waals surface area contributed by atoms with Crippen LogP contribution in [0.25, 0.3) is 11.5 Å². The van der Waals surface area contributed by atoms with Crippen LogP contribution >= 0.6 is 22.9 Å². The van der Waals surface area contributed by atoms with E-state index in [1.807, 2.05) is 25.1 Å². The van der Waals surface area contributed by atoms with E-state index in [1.165, 1.54) is 15.6 Å². The first-order valence-corrected chi connectivity index (χ1v) is 10.7. The van der Waals surface area contributed by atoms with Gasteiger partial charge in [0.25, 0.3) is 10.0 Å². The van der Waals surface area contributed by atoms with Gasteiger partial charge in [-0.05, 0) is 44.0 Å². The van der Waals surface area contributed by atoms with Gasteiger partial charge in [-0.15, -0.1) is 21.5 Å². The van der Waals surface area contributed by atoms with Crippen molar-refractivity contribution in [2.24, 2.45) is 0 Å². The van der Waals surface area contributed by atoms with Crippen LogP contribution in [0.2, 0.25) is 5.02 Å². The molecule has 4 rings (SSSR count). The normalized spacial score (nSPS) is 14.9. The molecule has 0 N–H and O–H groups in total. The summed E-state index contributed by atoms with van der Waals surface area (Å²) in [6.45, 7) is 1.94. The fourth-order valence-corrected chi connectivity index (χ4v) is 5.90. The van der Waals surface area contributed by atoms with Crippen LogP contribution in [-0.4, -0.2) is 29.0 Å². The monoisotopic (exact) mass is 409 g/mol. The highest BCUT2D eigenvalue weighted by atomic mass is 35.5. The maximum absolute atomic E-state index is 13.0. The highest BCUT2D eigenvalue weighted by Gasteiger charge is 2.39. The summed E-state index contributed by atoms with van der Waals surface area (Å²) in [4.78, 5) is 0.957. The highest BCUT2D eigenvalue weighted by molar-refractivity contribution is 7.91. The van der Waals surface area contributed by atoms with Crippen molar-refractivity contribution >= 4 is 33.0 Å². The molecule has 9 heteroatoms. The third-order valence-electron chi connectivity index (χ3n) is 4.10. The van der Waals surface area contributed by atoms with E-state index < -0.39 is 10.0 Å². The summed E-state index contributed by atoms with van der Waals surface area (Å²) in [6, 6.07) is 10.6. The van der Waals surface area contributed by atoms with E-state index in [1.54, 1.807) is 18.2 Å². The Hall–Kier alpha value is -1.74. The van der Waals surface area contributed by atoms with Crippen LogP contribution in [0.5, 0.6) is 0 Å². The zero-order valence-electron chi connectivity index (χ0n) is 13.9. The van der Waals surface area contributed by atoms with Crippen molar-refractivity contribution in [3.8, 4) is 11.5 Å². The lowest BCUT2D eigenvalue weighted by atomic mass is 10.2. The first-order chi connectivity index (χ1) is 12.4. The molecule has 0 unspecified atom stereocenters. The Morgan fingerprint density at radius 2 is 2.00 bits per heavy atom. The summed E-state index contributed by atoms with van der Waals surface area (Å²) in [5.41, 5.74) is 0.627. The smallest absolute Gasteiger partial charge is 0.253 e. The third-order valence-corrected chi connectivity index (χ3v) is 7.79. The molecular weight excluding hydrogens is 394 g/mol. The molecular formula is C17H16ClN3O3S2. The van der Waals surface area contributed by atoms with Crippen LogP contribution in [0, 0.1) is 6.92 Å². The van der Waals surface area contributed by atoms with Crippen LogP contribution in [0.4, 0.5) is 0 Å². The molecule has 2 heterocycles. The molecule has 1 aromatic carbocycles. The average molecular weight is 410 g/mol. The van der Waals surface area contributed by atoms with Crippen molar-refractivity contribution in [1.29, 1.82) is 0 Å². The molecule has 1 saturated carbocycles. The fraction of sp³-hybridized carbons (Fsp3) is 0.294. The highest BCUT2D eigenvalue weighted by Crippen LogP contribution is 2.36. The van der Waals surface area contributed by atoms with Gasteiger partial charge in [-0.3, -0.25) is 0 Å². The maximum atomic E-state index is 13.0. The summed E-state index contributed by atoms with van der Waals surface area (Å²) in [5.74, 6) is 0.536. The van der Waals surface area contributed by atoms with Gasteiger partial charge in [0.2, 0.25) is 11.8 Å². The molecule has 1 aliphatic rings. The molecule has 0 amide bonds. The summed E-state index contributed by atoms with van der Waals surface area (Å²) >= 11 is 7.43. The second kappa shape index (κ2) is 6.77. The van der Waals surface area contributed by atoms with Gasteiger partial charge in [0.1, 0.15) is 4.21 Å². The van der Waals surface area contributed by atoms with Gasteiger partial charge in [-0.2, -0.15) is 4.31 Å². The predicted molar refractivity (Wildman–Crippen MR) is 99.6 cm³/mol. The Balaban J connectivity index is 1.62. The Morgan fingerprint density at radius 1 is 1.23 bits per heavy atom. The number of sulfonamides is 1. The second-order valence-corrected chi connectivity index (χ2v) is 9.94. The topological polar surface area (TPSA) is 76.3 Å². The summed E-state index contributed by atoms with van der Waals surface area (Å²) in [7, 11) is -3.58. The molecule has 26 heavy (non-hydrogen) atoms. The van der Waals surface area contributed by atoms with Crippen molar-refractivity contribution in [3.05, 3.63) is 52.2 Å². The Bertz CT molecular complexity index is 1040. The molecule has 6 nitrogen and oxygen atoms in total. The number of hydrogen-bond acceptors (Lipinski definition) is 6. The van der Waals surface area contributed by atoms with Crippen molar-refractivity contribution in [1.82, 2.24) is 14.5 Å². The Kier molecular flexibility index (Phi) is 4.60. The minimum atomic E-state index is -3.58. The number of rotatable bonds is 6. The first kappa shape index (κ1) is 17.7. The van der Waals surface area contributed by atoms with Gasteiger partial charge in [0.15, 0.2) is 0 Å². The number of aryl methyl sites for hydroxylation is 1. The van der Waals surface area contributed by atoms with Crippen molar-refractivity contribution in [3.63, 3.8) is 0 Å². The van der Waals surface area contributed by atoms with Crippen LogP contribution in [0.15, 0.2) is 45.0 Å². The van der Waals surface area contributed by atoms with Crippen molar-refractivity contribution < 1.29 is 12.8 Å². The molecule has 0 radical (unpaired) electrons. The Labute approximate surface area is 160 Å². The quantitative estimate of drug-likeness (QED) is 0.612. The van der Waals surface area contributed by atoms with E-state index in [9.17, 15) is 8.42 Å². The predicted octanol–water partition coefficient (Wildman–Crippen LogP) is 4.11. The summed E-state index contributed by atoms with van der Waals surface area (Å²) < 4.78 is 33.5. The molecule has 0 saturated heterocycles. The van der Waals surface area contributed by atoms with Gasteiger partial charge in [-0.1, -0.05) is 23.7 Å². The van der Waals surface area contributed by atoms with Gasteiger partial charge < -0.3 is 4.42 Å². The van der Waals surface area contributed by atoms with Gasteiger partial charge in [0.05, 0.1) is 17.1 Å². The molecule has 0 spiro atoms. The largest absolute Gasteiger partial charge is 0.419 e. The molecule has 1 aliphatic carbocycles. The van der Waals surface area contributed by atoms with E-state index in [-0.39, 0.29) is 24.4 Å². The molecule has 0 aliphatic heterocycles. The SMILES string of the molecule is Cc1ccc(S(=O)(=O)N(Cc2nnc(-c3ccccc3Cl)o2)C2CC2)s1. The minimum Gasteiger partial charge on any atom is -0.419 e. The van der Waals surface area contributed by atoms with Gasteiger partial charge in [-0.25, -0.2) is 8.42 Å². The first-order valence-electron chi connectivity index (χ1n) is 8.11. The van der Waals surface area contributed by atoms with Crippen LogP contribution in [0.3, 0.4) is 0 Å². The van der Waals surface area contributed by atoms with E-state index >= 15 is 0 Å². The Morgan fingerprint density at radius 3 is 2.65 bits per heavy atom. The summed E-state index contributed by atoms with van der Waals surface area (Å²) in [5, 5.41) is 8.54. The lowest BCUT2D eigenvalue weighted by Gasteiger charge is -2.18. The number of benzene rings is 1. The lowest BCUT2D eigenvalue weighted by molar-refractivity contribution is 0.352.